The summed E-state index contributed by atoms with van der Waals surface area (Å²) in [5.41, 5.74) is 2.69. The number of hydrogen-bond donors (Lipinski definition) is 1. The number of hydrogen-bond acceptors (Lipinski definition) is 2. The van der Waals surface area contributed by atoms with Gasteiger partial charge in [-0.15, -0.1) is 0 Å². The first-order chi connectivity index (χ1) is 8.36. The topological polar surface area (TPSA) is 37.9 Å². The van der Waals surface area contributed by atoms with Crippen LogP contribution in [0.1, 0.15) is 62.3 Å². The maximum absolute atomic E-state index is 5.80. The number of ether oxygens (including phenoxy) is 1. The lowest BCUT2D eigenvalue weighted by atomic mass is 9.88. The van der Waals surface area contributed by atoms with Crippen LogP contribution in [0.3, 0.4) is 0 Å². The average molecular weight is 234 g/mol. The fourth-order valence-corrected chi connectivity index (χ4v) is 3.03. The molecule has 1 aliphatic heterocycles. The summed E-state index contributed by atoms with van der Waals surface area (Å²) < 4.78 is 5.80. The fourth-order valence-electron chi connectivity index (χ4n) is 3.03. The zero-order chi connectivity index (χ0) is 11.7. The molecule has 1 aliphatic carbocycles. The minimum absolute atomic E-state index is 0.231. The molecule has 2 atom stereocenters. The second kappa shape index (κ2) is 4.81. The Morgan fingerprint density at radius 3 is 3.06 bits per heavy atom. The van der Waals surface area contributed by atoms with Crippen LogP contribution in [0.5, 0.6) is 0 Å². The molecule has 2 unspecified atom stereocenters. The van der Waals surface area contributed by atoms with Crippen molar-refractivity contribution in [3.8, 4) is 0 Å². The highest BCUT2D eigenvalue weighted by atomic mass is 16.5. The summed E-state index contributed by atoms with van der Waals surface area (Å²) in [5, 5.41) is 0. The fraction of sp³-hybridized carbons (Fsp3) is 0.786. The van der Waals surface area contributed by atoms with Crippen LogP contribution in [0.15, 0.2) is 0 Å². The molecule has 0 aromatic carbocycles. The first-order valence-corrected chi connectivity index (χ1v) is 7.06. The Balaban J connectivity index is 1.77. The molecule has 0 amide bonds. The Bertz CT molecular complexity index is 380. The van der Waals surface area contributed by atoms with Gasteiger partial charge in [0.25, 0.3) is 0 Å². The Morgan fingerprint density at radius 2 is 2.29 bits per heavy atom. The molecule has 0 spiro atoms. The van der Waals surface area contributed by atoms with Crippen LogP contribution in [0.2, 0.25) is 0 Å². The second-order valence-corrected chi connectivity index (χ2v) is 5.42. The van der Waals surface area contributed by atoms with E-state index in [9.17, 15) is 0 Å². The quantitative estimate of drug-likeness (QED) is 0.853. The molecule has 0 bridgehead atoms. The molecule has 3 heteroatoms. The molecule has 1 aromatic rings. The van der Waals surface area contributed by atoms with Crippen molar-refractivity contribution in [1.29, 1.82) is 0 Å². The molecule has 17 heavy (non-hydrogen) atoms. The highest BCUT2D eigenvalue weighted by Crippen LogP contribution is 2.30. The molecule has 2 heterocycles. The van der Waals surface area contributed by atoms with E-state index in [1.165, 1.54) is 43.5 Å². The number of nitrogens with zero attached hydrogens (tertiary/aromatic N) is 1. The van der Waals surface area contributed by atoms with E-state index < -0.39 is 0 Å². The van der Waals surface area contributed by atoms with Crippen molar-refractivity contribution >= 4 is 0 Å². The van der Waals surface area contributed by atoms with Crippen LogP contribution in [-0.4, -0.2) is 16.6 Å². The molecule has 3 nitrogen and oxygen atoms in total. The van der Waals surface area contributed by atoms with Gasteiger partial charge in [-0.3, -0.25) is 0 Å². The highest BCUT2D eigenvalue weighted by molar-refractivity contribution is 5.19. The van der Waals surface area contributed by atoms with E-state index in [2.05, 4.69) is 11.9 Å². The number of aromatic nitrogens is 2. The third-order valence-corrected chi connectivity index (χ3v) is 4.23. The highest BCUT2D eigenvalue weighted by Gasteiger charge is 2.25. The number of H-pyrrole nitrogens is 1. The summed E-state index contributed by atoms with van der Waals surface area (Å²) in [7, 11) is 0. The van der Waals surface area contributed by atoms with Gasteiger partial charge >= 0.3 is 0 Å². The summed E-state index contributed by atoms with van der Waals surface area (Å²) in [6.45, 7) is 3.19. The SMILES string of the molecule is CCC1CCc2nc(C3CCCCO3)[nH]c2C1. The number of aryl methyl sites for hydroxylation is 1. The number of imidazole rings is 1. The average Bonchev–Trinajstić information content (AvgIpc) is 2.82. The van der Waals surface area contributed by atoms with Crippen LogP contribution >= 0.6 is 0 Å². The van der Waals surface area contributed by atoms with Gasteiger partial charge in [0.05, 0.1) is 5.69 Å². The number of rotatable bonds is 2. The van der Waals surface area contributed by atoms with Crippen LogP contribution in [-0.2, 0) is 17.6 Å². The third-order valence-electron chi connectivity index (χ3n) is 4.23. The minimum atomic E-state index is 0.231. The van der Waals surface area contributed by atoms with Gasteiger partial charge in [0, 0.05) is 12.3 Å². The van der Waals surface area contributed by atoms with Gasteiger partial charge in [-0.2, -0.15) is 0 Å². The summed E-state index contributed by atoms with van der Waals surface area (Å²) in [4.78, 5) is 8.29. The lowest BCUT2D eigenvalue weighted by Gasteiger charge is -2.20. The van der Waals surface area contributed by atoms with E-state index in [4.69, 9.17) is 9.72 Å². The van der Waals surface area contributed by atoms with E-state index in [0.717, 1.165) is 31.2 Å². The Hall–Kier alpha value is -0.830. The van der Waals surface area contributed by atoms with Crippen LogP contribution in [0.25, 0.3) is 0 Å². The second-order valence-electron chi connectivity index (χ2n) is 5.42. The first-order valence-electron chi connectivity index (χ1n) is 7.06. The number of nitrogens with one attached hydrogen (secondary N) is 1. The first kappa shape index (κ1) is 11.3. The number of aromatic amines is 1. The lowest BCUT2D eigenvalue weighted by molar-refractivity contribution is 0.00985. The Labute approximate surface area is 103 Å². The van der Waals surface area contributed by atoms with Crippen molar-refractivity contribution in [2.45, 2.75) is 58.0 Å². The van der Waals surface area contributed by atoms with E-state index in [1.54, 1.807) is 0 Å². The molecule has 0 saturated carbocycles. The monoisotopic (exact) mass is 234 g/mol. The van der Waals surface area contributed by atoms with Crippen LogP contribution in [0, 0.1) is 5.92 Å². The summed E-state index contributed by atoms with van der Waals surface area (Å²) in [5.74, 6) is 1.94. The Morgan fingerprint density at radius 1 is 1.35 bits per heavy atom. The lowest BCUT2D eigenvalue weighted by Crippen LogP contribution is -2.13. The summed E-state index contributed by atoms with van der Waals surface area (Å²) in [6.07, 6.45) is 8.76. The zero-order valence-electron chi connectivity index (χ0n) is 10.7. The molecule has 1 N–H and O–H groups in total. The van der Waals surface area contributed by atoms with Crippen LogP contribution in [0.4, 0.5) is 0 Å². The van der Waals surface area contributed by atoms with Gasteiger partial charge in [0.15, 0.2) is 0 Å². The third kappa shape index (κ3) is 2.25. The van der Waals surface area contributed by atoms with Crippen LogP contribution < -0.4 is 0 Å². The molecular formula is C14H22N2O. The van der Waals surface area contributed by atoms with E-state index >= 15 is 0 Å². The van der Waals surface area contributed by atoms with E-state index in [-0.39, 0.29) is 6.10 Å². The van der Waals surface area contributed by atoms with Gasteiger partial charge in [-0.1, -0.05) is 13.3 Å². The molecule has 1 fully saturated rings. The minimum Gasteiger partial charge on any atom is -0.370 e. The molecule has 0 radical (unpaired) electrons. The molecular weight excluding hydrogens is 212 g/mol. The molecule has 1 aromatic heterocycles. The molecule has 1 saturated heterocycles. The van der Waals surface area contributed by atoms with Gasteiger partial charge in [-0.25, -0.2) is 4.98 Å². The van der Waals surface area contributed by atoms with Crippen molar-refractivity contribution in [3.63, 3.8) is 0 Å². The van der Waals surface area contributed by atoms with Crippen molar-refractivity contribution < 1.29 is 4.74 Å². The van der Waals surface area contributed by atoms with E-state index in [1.807, 2.05) is 0 Å². The summed E-state index contributed by atoms with van der Waals surface area (Å²) >= 11 is 0. The normalized spacial score (nSPS) is 29.0. The largest absolute Gasteiger partial charge is 0.370 e. The maximum Gasteiger partial charge on any atom is 0.135 e. The predicted octanol–water partition coefficient (Wildman–Crippen LogP) is 3.17. The van der Waals surface area contributed by atoms with Crippen molar-refractivity contribution in [1.82, 2.24) is 9.97 Å². The molecule has 3 rings (SSSR count). The smallest absolute Gasteiger partial charge is 0.135 e. The van der Waals surface area contributed by atoms with E-state index in [0.29, 0.717) is 0 Å². The standard InChI is InChI=1S/C14H22N2O/c1-2-10-6-7-11-12(9-10)16-14(15-11)13-5-3-4-8-17-13/h10,13H,2-9H2,1H3,(H,15,16). The Kier molecular flexibility index (Phi) is 3.19. The van der Waals surface area contributed by atoms with Gasteiger partial charge in [-0.05, 0) is 44.4 Å². The molecule has 2 aliphatic rings. The van der Waals surface area contributed by atoms with Crippen molar-refractivity contribution in [2.75, 3.05) is 6.61 Å². The molecule has 94 valence electrons. The van der Waals surface area contributed by atoms with Gasteiger partial charge in [0.1, 0.15) is 11.9 Å². The van der Waals surface area contributed by atoms with Crippen molar-refractivity contribution in [2.24, 2.45) is 5.92 Å². The summed E-state index contributed by atoms with van der Waals surface area (Å²) in [6, 6.07) is 0. The number of fused-ring (bicyclic) bond motifs is 1. The van der Waals surface area contributed by atoms with Crippen molar-refractivity contribution in [3.05, 3.63) is 17.2 Å². The van der Waals surface area contributed by atoms with Gasteiger partial charge in [0.2, 0.25) is 0 Å². The maximum atomic E-state index is 5.80. The zero-order valence-corrected chi connectivity index (χ0v) is 10.7. The predicted molar refractivity (Wildman–Crippen MR) is 66.9 cm³/mol. The van der Waals surface area contributed by atoms with Gasteiger partial charge < -0.3 is 9.72 Å².